The number of allylic oxidation sites excluding steroid dienone is 1. The molecule has 0 amide bonds. The number of ether oxygens (including phenoxy) is 1. The van der Waals surface area contributed by atoms with Crippen molar-refractivity contribution in [1.82, 2.24) is 4.98 Å². The number of ketones is 1. The van der Waals surface area contributed by atoms with Crippen LogP contribution < -0.4 is 4.74 Å². The van der Waals surface area contributed by atoms with E-state index in [1.165, 1.54) is 0 Å². The zero-order chi connectivity index (χ0) is 25.8. The van der Waals surface area contributed by atoms with Gasteiger partial charge in [-0.1, -0.05) is 48.7 Å². The van der Waals surface area contributed by atoms with Crippen LogP contribution in [0.2, 0.25) is 10.0 Å². The molecule has 0 aliphatic rings. The van der Waals surface area contributed by atoms with Crippen molar-refractivity contribution in [3.8, 4) is 17.1 Å². The summed E-state index contributed by atoms with van der Waals surface area (Å²) >= 11 is 12.4. The smallest absolute Gasteiger partial charge is 0.231 e. The van der Waals surface area contributed by atoms with Gasteiger partial charge in [-0.25, -0.2) is 4.98 Å². The fourth-order valence-corrected chi connectivity index (χ4v) is 4.31. The number of oxazole rings is 1. The minimum absolute atomic E-state index is 0.206. The molecule has 0 fully saturated rings. The summed E-state index contributed by atoms with van der Waals surface area (Å²) in [6.07, 6.45) is 3.65. The molecule has 0 radical (unpaired) electrons. The van der Waals surface area contributed by atoms with E-state index < -0.39 is 0 Å². The Kier molecular flexibility index (Phi) is 7.45. The molecule has 37 heavy (non-hydrogen) atoms. The van der Waals surface area contributed by atoms with Gasteiger partial charge in [-0.05, 0) is 79.2 Å². The first-order valence-electron chi connectivity index (χ1n) is 11.9. The fourth-order valence-electron chi connectivity index (χ4n) is 3.81. The average Bonchev–Trinajstić information content (AvgIpc) is 3.54. The minimum atomic E-state index is -0.255. The van der Waals surface area contributed by atoms with Crippen LogP contribution in [0.1, 0.15) is 41.8 Å². The summed E-state index contributed by atoms with van der Waals surface area (Å²) in [5.74, 6) is 1.66. The lowest BCUT2D eigenvalue weighted by Crippen LogP contribution is -2.04. The van der Waals surface area contributed by atoms with Crippen LogP contribution in [0.25, 0.3) is 34.1 Å². The van der Waals surface area contributed by atoms with Crippen LogP contribution >= 0.6 is 23.2 Å². The van der Waals surface area contributed by atoms with Gasteiger partial charge in [0.05, 0.1) is 17.2 Å². The molecule has 0 atom stereocenters. The van der Waals surface area contributed by atoms with Crippen LogP contribution in [-0.4, -0.2) is 17.4 Å². The van der Waals surface area contributed by atoms with Crippen molar-refractivity contribution in [1.29, 1.82) is 0 Å². The summed E-state index contributed by atoms with van der Waals surface area (Å²) in [5.41, 5.74) is 2.68. The summed E-state index contributed by atoms with van der Waals surface area (Å²) in [5, 5.41) is 1.000. The second-order valence-corrected chi connectivity index (χ2v) is 9.27. The van der Waals surface area contributed by atoms with Crippen molar-refractivity contribution in [2.45, 2.75) is 19.8 Å². The van der Waals surface area contributed by atoms with E-state index in [1.807, 2.05) is 24.3 Å². The maximum Gasteiger partial charge on any atom is 0.231 e. The van der Waals surface area contributed by atoms with Gasteiger partial charge in [0.15, 0.2) is 11.4 Å². The van der Waals surface area contributed by atoms with Crippen molar-refractivity contribution in [3.05, 3.63) is 106 Å². The lowest BCUT2D eigenvalue weighted by molar-refractivity contribution is 0.105. The average molecular weight is 532 g/mol. The number of halogens is 2. The van der Waals surface area contributed by atoms with Crippen molar-refractivity contribution >= 4 is 51.7 Å². The number of unbranched alkanes of at least 4 members (excludes halogenated alkanes) is 1. The van der Waals surface area contributed by atoms with Crippen LogP contribution in [0.5, 0.6) is 5.75 Å². The largest absolute Gasteiger partial charge is 0.494 e. The van der Waals surface area contributed by atoms with E-state index in [0.717, 1.165) is 12.8 Å². The van der Waals surface area contributed by atoms with Crippen LogP contribution in [0.3, 0.4) is 0 Å². The third kappa shape index (κ3) is 5.63. The van der Waals surface area contributed by atoms with E-state index in [1.54, 1.807) is 60.7 Å². The second-order valence-electron chi connectivity index (χ2n) is 8.43. The van der Waals surface area contributed by atoms with E-state index in [-0.39, 0.29) is 17.2 Å². The van der Waals surface area contributed by atoms with Gasteiger partial charge in [0, 0.05) is 16.1 Å². The first-order chi connectivity index (χ1) is 18.0. The number of hydrogen-bond donors (Lipinski definition) is 0. The van der Waals surface area contributed by atoms with Gasteiger partial charge in [-0.15, -0.1) is 0 Å². The predicted octanol–water partition coefficient (Wildman–Crippen LogP) is 9.00. The number of fused-ring (bicyclic) bond motifs is 1. The number of para-hydroxylation sites is 2. The van der Waals surface area contributed by atoms with E-state index in [2.05, 4.69) is 11.9 Å². The molecule has 186 valence electrons. The number of nitrogens with zero attached hydrogens (tertiary/aromatic N) is 1. The van der Waals surface area contributed by atoms with Crippen molar-refractivity contribution in [3.63, 3.8) is 0 Å². The zero-order valence-electron chi connectivity index (χ0n) is 20.0. The van der Waals surface area contributed by atoms with Gasteiger partial charge in [0.2, 0.25) is 5.89 Å². The Morgan fingerprint density at radius 1 is 0.973 bits per heavy atom. The lowest BCUT2D eigenvalue weighted by atomic mass is 10.0. The molecule has 5 rings (SSSR count). The predicted molar refractivity (Wildman–Crippen MR) is 147 cm³/mol. The van der Waals surface area contributed by atoms with Crippen LogP contribution in [0.15, 0.2) is 87.7 Å². The van der Waals surface area contributed by atoms with E-state index in [4.69, 9.17) is 36.8 Å². The molecule has 5 aromatic rings. The zero-order valence-corrected chi connectivity index (χ0v) is 21.6. The maximum atomic E-state index is 13.7. The third-order valence-corrected chi connectivity index (χ3v) is 6.31. The van der Waals surface area contributed by atoms with Crippen molar-refractivity contribution < 1.29 is 18.4 Å². The van der Waals surface area contributed by atoms with Crippen LogP contribution in [0, 0.1) is 0 Å². The first kappa shape index (κ1) is 24.9. The molecule has 0 bridgehead atoms. The highest BCUT2D eigenvalue weighted by atomic mass is 35.5. The van der Waals surface area contributed by atoms with Gasteiger partial charge >= 0.3 is 0 Å². The van der Waals surface area contributed by atoms with Gasteiger partial charge in [0.1, 0.15) is 22.8 Å². The van der Waals surface area contributed by atoms with Crippen LogP contribution in [0.4, 0.5) is 0 Å². The highest BCUT2D eigenvalue weighted by Crippen LogP contribution is 2.33. The fraction of sp³-hybridized carbons (Fsp3) is 0.133. The Balaban J connectivity index is 1.51. The van der Waals surface area contributed by atoms with E-state index >= 15 is 0 Å². The molecule has 5 nitrogen and oxygen atoms in total. The quantitative estimate of drug-likeness (QED) is 0.108. The molecule has 0 saturated heterocycles. The molecule has 7 heteroatoms. The highest BCUT2D eigenvalue weighted by Gasteiger charge is 2.21. The Morgan fingerprint density at radius 3 is 2.54 bits per heavy atom. The molecule has 2 heterocycles. The summed E-state index contributed by atoms with van der Waals surface area (Å²) in [6, 6.07) is 23.2. The Morgan fingerprint density at radius 2 is 1.78 bits per heavy atom. The Labute approximate surface area is 224 Å². The SMILES string of the molecule is CCCCOc1ccc(C(=O)C(=Cc2ccc(-c3ccc(Cl)cc3Cl)o2)c2nc3ccccc3o2)cc1. The summed E-state index contributed by atoms with van der Waals surface area (Å²) in [7, 11) is 0. The molecule has 0 saturated carbocycles. The van der Waals surface area contributed by atoms with Crippen molar-refractivity contribution in [2.75, 3.05) is 6.61 Å². The molecular formula is C30H23Cl2NO4. The minimum Gasteiger partial charge on any atom is -0.494 e. The number of benzene rings is 3. The Bertz CT molecular complexity index is 1550. The number of rotatable bonds is 9. The summed E-state index contributed by atoms with van der Waals surface area (Å²) in [6.45, 7) is 2.74. The molecule has 3 aromatic carbocycles. The maximum absolute atomic E-state index is 13.7. The van der Waals surface area contributed by atoms with Gasteiger partial charge in [-0.3, -0.25) is 4.79 Å². The molecule has 2 aromatic heterocycles. The number of Topliss-reactive ketones (excluding diaryl/α,β-unsaturated/α-hetero) is 1. The lowest BCUT2D eigenvalue weighted by Gasteiger charge is -2.07. The molecule has 0 unspecified atom stereocenters. The normalized spacial score (nSPS) is 11.7. The van der Waals surface area contributed by atoms with E-state index in [0.29, 0.717) is 56.1 Å². The monoisotopic (exact) mass is 531 g/mol. The molecule has 0 N–H and O–H groups in total. The third-order valence-electron chi connectivity index (χ3n) is 5.76. The first-order valence-corrected chi connectivity index (χ1v) is 12.7. The summed E-state index contributed by atoms with van der Waals surface area (Å²) in [4.78, 5) is 18.2. The molecular weight excluding hydrogens is 509 g/mol. The van der Waals surface area contributed by atoms with Crippen molar-refractivity contribution in [2.24, 2.45) is 0 Å². The number of carbonyl (C=O) groups excluding carboxylic acids is 1. The number of hydrogen-bond acceptors (Lipinski definition) is 5. The topological polar surface area (TPSA) is 65.5 Å². The molecule has 0 aliphatic carbocycles. The Hall–Kier alpha value is -3.80. The number of furan rings is 1. The van der Waals surface area contributed by atoms with Gasteiger partial charge in [-0.2, -0.15) is 0 Å². The highest BCUT2D eigenvalue weighted by molar-refractivity contribution is 6.36. The summed E-state index contributed by atoms with van der Waals surface area (Å²) < 4.78 is 17.7. The number of carbonyl (C=O) groups is 1. The van der Waals surface area contributed by atoms with Gasteiger partial charge < -0.3 is 13.6 Å². The second kappa shape index (κ2) is 11.1. The standard InChI is InChI=1S/C30H23Cl2NO4/c1-2-3-16-35-21-11-8-19(9-12-21)29(34)24(30-33-26-6-4-5-7-28(26)37-30)18-22-13-15-27(36-22)23-14-10-20(31)17-25(23)32/h4-15,17-18H,2-3,16H2,1H3. The van der Waals surface area contributed by atoms with E-state index in [9.17, 15) is 4.79 Å². The molecule has 0 aliphatic heterocycles. The molecule has 0 spiro atoms. The van der Waals surface area contributed by atoms with Crippen LogP contribution in [-0.2, 0) is 0 Å². The van der Waals surface area contributed by atoms with Gasteiger partial charge in [0.25, 0.3) is 0 Å². The number of aromatic nitrogens is 1.